The lowest BCUT2D eigenvalue weighted by Crippen LogP contribution is -2.30. The van der Waals surface area contributed by atoms with Gasteiger partial charge in [0.1, 0.15) is 12.0 Å². The van der Waals surface area contributed by atoms with Gasteiger partial charge in [-0.2, -0.15) is 5.10 Å². The Morgan fingerprint density at radius 3 is 2.52 bits per heavy atom. The average Bonchev–Trinajstić information content (AvgIpc) is 2.82. The SMILES string of the molecule is CC(C)(C)c1ccc(-c2nc3n(n2)CC(F)CC3N)cc1. The first kappa shape index (κ1) is 14.2. The van der Waals surface area contributed by atoms with Crippen LogP contribution in [0.25, 0.3) is 11.4 Å². The van der Waals surface area contributed by atoms with Gasteiger partial charge in [-0.1, -0.05) is 45.0 Å². The maximum absolute atomic E-state index is 13.5. The molecule has 1 aliphatic heterocycles. The van der Waals surface area contributed by atoms with E-state index in [1.54, 1.807) is 4.68 Å². The number of rotatable bonds is 1. The van der Waals surface area contributed by atoms with Crippen molar-refractivity contribution in [3.63, 3.8) is 0 Å². The molecule has 0 bridgehead atoms. The van der Waals surface area contributed by atoms with Crippen molar-refractivity contribution < 1.29 is 4.39 Å². The number of nitrogens with two attached hydrogens (primary N) is 1. The largest absolute Gasteiger partial charge is 0.321 e. The molecule has 0 amide bonds. The van der Waals surface area contributed by atoms with Crippen LogP contribution in [0.3, 0.4) is 0 Å². The lowest BCUT2D eigenvalue weighted by Gasteiger charge is -2.21. The summed E-state index contributed by atoms with van der Waals surface area (Å²) in [5.41, 5.74) is 8.26. The Hall–Kier alpha value is -1.75. The molecule has 2 heterocycles. The highest BCUT2D eigenvalue weighted by molar-refractivity contribution is 5.55. The second-order valence-corrected chi connectivity index (χ2v) is 6.74. The topological polar surface area (TPSA) is 56.7 Å². The van der Waals surface area contributed by atoms with Crippen molar-refractivity contribution >= 4 is 0 Å². The Bertz CT molecular complexity index is 639. The summed E-state index contributed by atoms with van der Waals surface area (Å²) in [6, 6.07) is 7.84. The number of alkyl halides is 1. The van der Waals surface area contributed by atoms with Gasteiger partial charge in [0.15, 0.2) is 5.82 Å². The monoisotopic (exact) mass is 288 g/mol. The molecule has 0 saturated carbocycles. The minimum atomic E-state index is -0.940. The molecule has 1 aromatic carbocycles. The van der Waals surface area contributed by atoms with E-state index in [0.717, 1.165) is 5.56 Å². The fraction of sp³-hybridized carbons (Fsp3) is 0.500. The zero-order valence-corrected chi connectivity index (χ0v) is 12.7. The minimum absolute atomic E-state index is 0.114. The van der Waals surface area contributed by atoms with Crippen molar-refractivity contribution in [1.82, 2.24) is 14.8 Å². The second kappa shape index (κ2) is 4.91. The molecule has 0 radical (unpaired) electrons. The van der Waals surface area contributed by atoms with E-state index < -0.39 is 6.17 Å². The van der Waals surface area contributed by atoms with Gasteiger partial charge >= 0.3 is 0 Å². The van der Waals surface area contributed by atoms with Gasteiger partial charge < -0.3 is 5.73 Å². The van der Waals surface area contributed by atoms with Gasteiger partial charge in [-0.05, 0) is 11.0 Å². The van der Waals surface area contributed by atoms with Gasteiger partial charge in [-0.15, -0.1) is 0 Å². The summed E-state index contributed by atoms with van der Waals surface area (Å²) >= 11 is 0. The van der Waals surface area contributed by atoms with E-state index in [1.807, 2.05) is 12.1 Å². The van der Waals surface area contributed by atoms with Crippen LogP contribution in [0, 0.1) is 0 Å². The highest BCUT2D eigenvalue weighted by Gasteiger charge is 2.27. The van der Waals surface area contributed by atoms with Crippen LogP contribution in [0.4, 0.5) is 4.39 Å². The third-order valence-corrected chi connectivity index (χ3v) is 3.92. The van der Waals surface area contributed by atoms with Gasteiger partial charge in [0.2, 0.25) is 0 Å². The fourth-order valence-corrected chi connectivity index (χ4v) is 2.65. The number of aromatic nitrogens is 3. The lowest BCUT2D eigenvalue weighted by molar-refractivity contribution is 0.220. The number of benzene rings is 1. The van der Waals surface area contributed by atoms with Crippen molar-refractivity contribution in [1.29, 1.82) is 0 Å². The molecule has 0 aliphatic carbocycles. The molecule has 0 spiro atoms. The zero-order valence-electron chi connectivity index (χ0n) is 12.7. The van der Waals surface area contributed by atoms with Crippen molar-refractivity contribution in [2.75, 3.05) is 0 Å². The predicted octanol–water partition coefficient (Wildman–Crippen LogP) is 2.98. The zero-order chi connectivity index (χ0) is 15.2. The van der Waals surface area contributed by atoms with Crippen LogP contribution >= 0.6 is 0 Å². The van der Waals surface area contributed by atoms with E-state index in [4.69, 9.17) is 5.73 Å². The number of nitrogens with zero attached hydrogens (tertiary/aromatic N) is 3. The Kier molecular flexibility index (Phi) is 3.32. The Balaban J connectivity index is 1.93. The first-order valence-electron chi connectivity index (χ1n) is 7.30. The van der Waals surface area contributed by atoms with E-state index in [0.29, 0.717) is 18.1 Å². The maximum Gasteiger partial charge on any atom is 0.181 e. The van der Waals surface area contributed by atoms with Crippen LogP contribution in [-0.2, 0) is 12.0 Å². The molecule has 1 aromatic heterocycles. The van der Waals surface area contributed by atoms with E-state index in [9.17, 15) is 4.39 Å². The van der Waals surface area contributed by atoms with Crippen molar-refractivity contribution in [2.24, 2.45) is 5.73 Å². The molecule has 2 N–H and O–H groups in total. The lowest BCUT2D eigenvalue weighted by atomic mass is 9.87. The highest BCUT2D eigenvalue weighted by Crippen LogP contribution is 2.28. The molecule has 21 heavy (non-hydrogen) atoms. The molecular weight excluding hydrogens is 267 g/mol. The molecule has 5 heteroatoms. The van der Waals surface area contributed by atoms with E-state index in [2.05, 4.69) is 43.0 Å². The fourth-order valence-electron chi connectivity index (χ4n) is 2.65. The summed E-state index contributed by atoms with van der Waals surface area (Å²) in [5, 5.41) is 4.40. The third kappa shape index (κ3) is 2.70. The normalized spacial score (nSPS) is 22.1. The third-order valence-electron chi connectivity index (χ3n) is 3.92. The van der Waals surface area contributed by atoms with Gasteiger partial charge in [0.05, 0.1) is 12.6 Å². The molecule has 1 aliphatic rings. The van der Waals surface area contributed by atoms with E-state index in [-0.39, 0.29) is 18.0 Å². The highest BCUT2D eigenvalue weighted by atomic mass is 19.1. The standard InChI is InChI=1S/C16H21FN4/c1-16(2,3)11-6-4-10(5-7-11)14-19-15-13(18)8-12(17)9-21(15)20-14/h4-7,12-13H,8-9,18H2,1-3H3. The molecule has 112 valence electrons. The molecule has 0 fully saturated rings. The second-order valence-electron chi connectivity index (χ2n) is 6.74. The van der Waals surface area contributed by atoms with Gasteiger partial charge in [0.25, 0.3) is 0 Å². The van der Waals surface area contributed by atoms with E-state index in [1.165, 1.54) is 5.56 Å². The maximum atomic E-state index is 13.5. The predicted molar refractivity (Wildman–Crippen MR) is 80.6 cm³/mol. The van der Waals surface area contributed by atoms with Crippen LogP contribution in [0.15, 0.2) is 24.3 Å². The van der Waals surface area contributed by atoms with E-state index >= 15 is 0 Å². The summed E-state index contributed by atoms with van der Waals surface area (Å²) in [6.45, 7) is 6.78. The van der Waals surface area contributed by atoms with Gasteiger partial charge in [-0.25, -0.2) is 14.1 Å². The Labute approximate surface area is 124 Å². The molecular formula is C16H21FN4. The number of halogens is 1. The van der Waals surface area contributed by atoms with Gasteiger partial charge in [-0.3, -0.25) is 0 Å². The summed E-state index contributed by atoms with van der Waals surface area (Å²) in [5.74, 6) is 1.30. The first-order valence-corrected chi connectivity index (χ1v) is 7.30. The molecule has 2 atom stereocenters. The van der Waals surface area contributed by atoms with Crippen molar-refractivity contribution in [2.45, 2.75) is 51.4 Å². The van der Waals surface area contributed by atoms with Crippen LogP contribution in [0.2, 0.25) is 0 Å². The van der Waals surface area contributed by atoms with Crippen molar-refractivity contribution in [3.05, 3.63) is 35.7 Å². The number of hydrogen-bond donors (Lipinski definition) is 1. The molecule has 2 aromatic rings. The quantitative estimate of drug-likeness (QED) is 0.877. The van der Waals surface area contributed by atoms with Crippen LogP contribution in [0.5, 0.6) is 0 Å². The Morgan fingerprint density at radius 2 is 1.90 bits per heavy atom. The molecule has 2 unspecified atom stereocenters. The molecule has 4 nitrogen and oxygen atoms in total. The molecule has 0 saturated heterocycles. The summed E-state index contributed by atoms with van der Waals surface area (Å²) < 4.78 is 15.1. The summed E-state index contributed by atoms with van der Waals surface area (Å²) in [4.78, 5) is 4.49. The smallest absolute Gasteiger partial charge is 0.181 e. The first-order chi connectivity index (χ1) is 9.84. The minimum Gasteiger partial charge on any atom is -0.321 e. The van der Waals surface area contributed by atoms with Crippen molar-refractivity contribution in [3.8, 4) is 11.4 Å². The summed E-state index contributed by atoms with van der Waals surface area (Å²) in [7, 11) is 0. The van der Waals surface area contributed by atoms with Crippen LogP contribution in [0.1, 0.15) is 44.6 Å². The molecule has 3 rings (SSSR count). The number of hydrogen-bond acceptors (Lipinski definition) is 3. The Morgan fingerprint density at radius 1 is 1.24 bits per heavy atom. The average molecular weight is 288 g/mol. The summed E-state index contributed by atoms with van der Waals surface area (Å²) in [6.07, 6.45) is -0.619. The van der Waals surface area contributed by atoms with Crippen LogP contribution in [-0.4, -0.2) is 20.9 Å². The van der Waals surface area contributed by atoms with Gasteiger partial charge in [0, 0.05) is 12.0 Å². The number of fused-ring (bicyclic) bond motifs is 1. The van der Waals surface area contributed by atoms with Crippen LogP contribution < -0.4 is 5.73 Å².